The van der Waals surface area contributed by atoms with Crippen molar-refractivity contribution in [3.8, 4) is 0 Å². The van der Waals surface area contributed by atoms with Gasteiger partial charge in [0.15, 0.2) is 0 Å². The molecule has 3 heteroatoms. The molecule has 16 heavy (non-hydrogen) atoms. The van der Waals surface area contributed by atoms with Crippen LogP contribution in [0.5, 0.6) is 0 Å². The lowest BCUT2D eigenvalue weighted by Gasteiger charge is -2.20. The lowest BCUT2D eigenvalue weighted by atomic mass is 10.2. The van der Waals surface area contributed by atoms with Crippen molar-refractivity contribution in [1.29, 1.82) is 0 Å². The fourth-order valence-corrected chi connectivity index (χ4v) is 2.06. The largest absolute Gasteiger partial charge is 0.325 e. The summed E-state index contributed by atoms with van der Waals surface area (Å²) in [6.45, 7) is 4.93. The Balaban J connectivity index is 1.99. The Hall–Kier alpha value is -0.930. The van der Waals surface area contributed by atoms with Gasteiger partial charge in [-0.15, -0.1) is 0 Å². The van der Waals surface area contributed by atoms with Crippen LogP contribution in [0.3, 0.4) is 0 Å². The van der Waals surface area contributed by atoms with Crippen LogP contribution in [0.15, 0.2) is 18.2 Å². The van der Waals surface area contributed by atoms with Crippen LogP contribution in [0.4, 0.5) is 0 Å². The maximum atomic E-state index is 5.60. The summed E-state index contributed by atoms with van der Waals surface area (Å²) in [5.41, 5.74) is 7.75. The molecule has 2 N–H and O–H groups in total. The first kappa shape index (κ1) is 11.6. The van der Waals surface area contributed by atoms with Crippen LogP contribution < -0.4 is 5.73 Å². The van der Waals surface area contributed by atoms with Gasteiger partial charge in [-0.05, 0) is 37.9 Å². The molecule has 1 aliphatic rings. The molecule has 0 aliphatic heterocycles. The van der Waals surface area contributed by atoms with E-state index in [1.54, 1.807) is 0 Å². The molecule has 0 bridgehead atoms. The molecule has 0 amide bonds. The summed E-state index contributed by atoms with van der Waals surface area (Å²) in [7, 11) is 0. The Labute approximate surface area is 97.7 Å². The smallest absolute Gasteiger partial charge is 0.0547 e. The van der Waals surface area contributed by atoms with Gasteiger partial charge in [-0.3, -0.25) is 9.88 Å². The molecule has 2 rings (SSSR count). The molecule has 0 saturated heterocycles. The van der Waals surface area contributed by atoms with Gasteiger partial charge in [0.1, 0.15) is 0 Å². The van der Waals surface area contributed by atoms with Crippen molar-refractivity contribution in [2.45, 2.75) is 45.3 Å². The number of aromatic nitrogens is 1. The number of rotatable bonds is 6. The minimum Gasteiger partial charge on any atom is -0.325 e. The Morgan fingerprint density at radius 1 is 1.38 bits per heavy atom. The first-order valence-electron chi connectivity index (χ1n) is 6.22. The third-order valence-electron chi connectivity index (χ3n) is 3.01. The van der Waals surface area contributed by atoms with E-state index in [0.29, 0.717) is 6.54 Å². The van der Waals surface area contributed by atoms with Gasteiger partial charge in [-0.2, -0.15) is 0 Å². The van der Waals surface area contributed by atoms with Gasteiger partial charge in [0.25, 0.3) is 0 Å². The summed E-state index contributed by atoms with van der Waals surface area (Å²) in [6, 6.07) is 6.96. The van der Waals surface area contributed by atoms with Gasteiger partial charge < -0.3 is 5.73 Å². The molecule has 1 saturated carbocycles. The highest BCUT2D eigenvalue weighted by molar-refractivity contribution is 5.11. The standard InChI is InChI=1S/C13H21N3/c1-2-8-16(13-6-7-13)10-12-5-3-4-11(9-14)15-12/h3-5,13H,2,6-10,14H2,1H3. The topological polar surface area (TPSA) is 42.1 Å². The summed E-state index contributed by atoms with van der Waals surface area (Å²) in [4.78, 5) is 7.10. The van der Waals surface area contributed by atoms with Crippen molar-refractivity contribution >= 4 is 0 Å². The number of hydrogen-bond acceptors (Lipinski definition) is 3. The van der Waals surface area contributed by atoms with E-state index in [0.717, 1.165) is 24.0 Å². The Kier molecular flexibility index (Phi) is 3.91. The van der Waals surface area contributed by atoms with Crippen LogP contribution in [0.1, 0.15) is 37.6 Å². The Morgan fingerprint density at radius 3 is 2.75 bits per heavy atom. The summed E-state index contributed by atoms with van der Waals surface area (Å²) in [5, 5.41) is 0. The number of nitrogens with two attached hydrogens (primary N) is 1. The molecular weight excluding hydrogens is 198 g/mol. The van der Waals surface area contributed by atoms with Gasteiger partial charge in [-0.25, -0.2) is 0 Å². The molecule has 0 unspecified atom stereocenters. The third-order valence-corrected chi connectivity index (χ3v) is 3.01. The van der Waals surface area contributed by atoms with Crippen LogP contribution in [-0.2, 0) is 13.1 Å². The fraction of sp³-hybridized carbons (Fsp3) is 0.615. The lowest BCUT2D eigenvalue weighted by molar-refractivity contribution is 0.252. The predicted molar refractivity (Wildman–Crippen MR) is 65.9 cm³/mol. The number of hydrogen-bond donors (Lipinski definition) is 1. The highest BCUT2D eigenvalue weighted by Crippen LogP contribution is 2.28. The second kappa shape index (κ2) is 5.41. The maximum Gasteiger partial charge on any atom is 0.0547 e. The molecule has 1 aliphatic carbocycles. The monoisotopic (exact) mass is 219 g/mol. The highest BCUT2D eigenvalue weighted by Gasteiger charge is 2.28. The lowest BCUT2D eigenvalue weighted by Crippen LogP contribution is -2.27. The fourth-order valence-electron chi connectivity index (χ4n) is 2.06. The van der Waals surface area contributed by atoms with Crippen molar-refractivity contribution in [3.05, 3.63) is 29.6 Å². The van der Waals surface area contributed by atoms with Crippen LogP contribution >= 0.6 is 0 Å². The van der Waals surface area contributed by atoms with Gasteiger partial charge in [0.2, 0.25) is 0 Å². The van der Waals surface area contributed by atoms with Crippen molar-refractivity contribution in [3.63, 3.8) is 0 Å². The Bertz CT molecular complexity index is 334. The maximum absolute atomic E-state index is 5.60. The van der Waals surface area contributed by atoms with E-state index in [9.17, 15) is 0 Å². The van der Waals surface area contributed by atoms with Gasteiger partial charge in [-0.1, -0.05) is 13.0 Å². The summed E-state index contributed by atoms with van der Waals surface area (Å²) >= 11 is 0. The summed E-state index contributed by atoms with van der Waals surface area (Å²) in [5.74, 6) is 0. The SMILES string of the molecule is CCCN(Cc1cccc(CN)n1)C1CC1. The van der Waals surface area contributed by atoms with E-state index in [1.165, 1.54) is 25.8 Å². The molecule has 0 radical (unpaired) electrons. The molecule has 1 aromatic heterocycles. The van der Waals surface area contributed by atoms with E-state index >= 15 is 0 Å². The Morgan fingerprint density at radius 2 is 2.12 bits per heavy atom. The number of pyridine rings is 1. The normalized spacial score (nSPS) is 15.7. The minimum absolute atomic E-state index is 0.533. The molecule has 1 aromatic rings. The van der Waals surface area contributed by atoms with E-state index in [-0.39, 0.29) is 0 Å². The zero-order valence-corrected chi connectivity index (χ0v) is 10.0. The van der Waals surface area contributed by atoms with Crippen LogP contribution in [0.25, 0.3) is 0 Å². The molecule has 0 spiro atoms. The van der Waals surface area contributed by atoms with E-state index < -0.39 is 0 Å². The number of nitrogens with zero attached hydrogens (tertiary/aromatic N) is 2. The molecule has 1 heterocycles. The minimum atomic E-state index is 0.533. The van der Waals surface area contributed by atoms with Crippen molar-refractivity contribution in [2.24, 2.45) is 5.73 Å². The van der Waals surface area contributed by atoms with Gasteiger partial charge >= 0.3 is 0 Å². The second-order valence-electron chi connectivity index (χ2n) is 4.53. The van der Waals surface area contributed by atoms with Crippen LogP contribution in [0, 0.1) is 0 Å². The average Bonchev–Trinajstić information content (AvgIpc) is 3.13. The molecule has 3 nitrogen and oxygen atoms in total. The molecular formula is C13H21N3. The first-order chi connectivity index (χ1) is 7.83. The molecule has 0 atom stereocenters. The first-order valence-corrected chi connectivity index (χ1v) is 6.22. The van der Waals surface area contributed by atoms with E-state index in [1.807, 2.05) is 6.07 Å². The zero-order chi connectivity index (χ0) is 11.4. The van der Waals surface area contributed by atoms with Crippen molar-refractivity contribution < 1.29 is 0 Å². The summed E-state index contributed by atoms with van der Waals surface area (Å²) < 4.78 is 0. The van der Waals surface area contributed by atoms with Gasteiger partial charge in [0, 0.05) is 19.1 Å². The van der Waals surface area contributed by atoms with Crippen LogP contribution in [-0.4, -0.2) is 22.5 Å². The second-order valence-corrected chi connectivity index (χ2v) is 4.53. The molecule has 88 valence electrons. The average molecular weight is 219 g/mol. The molecule has 0 aromatic carbocycles. The van der Waals surface area contributed by atoms with Crippen molar-refractivity contribution in [2.75, 3.05) is 6.54 Å². The summed E-state index contributed by atoms with van der Waals surface area (Å²) in [6.07, 6.45) is 3.93. The zero-order valence-electron chi connectivity index (χ0n) is 10.0. The van der Waals surface area contributed by atoms with Crippen LogP contribution in [0.2, 0.25) is 0 Å². The molecule has 1 fully saturated rings. The highest BCUT2D eigenvalue weighted by atomic mass is 15.2. The quantitative estimate of drug-likeness (QED) is 0.794. The van der Waals surface area contributed by atoms with Gasteiger partial charge in [0.05, 0.1) is 11.4 Å². The van der Waals surface area contributed by atoms with E-state index in [4.69, 9.17) is 5.73 Å². The third kappa shape index (κ3) is 3.03. The predicted octanol–water partition coefficient (Wildman–Crippen LogP) is 1.91. The van der Waals surface area contributed by atoms with E-state index in [2.05, 4.69) is 28.9 Å². The van der Waals surface area contributed by atoms with Crippen molar-refractivity contribution in [1.82, 2.24) is 9.88 Å².